The van der Waals surface area contributed by atoms with Crippen molar-refractivity contribution in [1.29, 1.82) is 0 Å². The smallest absolute Gasteiger partial charge is 0.277 e. The molecule has 0 bridgehead atoms. The predicted octanol–water partition coefficient (Wildman–Crippen LogP) is 3.64. The van der Waals surface area contributed by atoms with Crippen LogP contribution in [0.15, 0.2) is 54.9 Å². The zero-order valence-electron chi connectivity index (χ0n) is 10.8. The first-order chi connectivity index (χ1) is 10.1. The number of benzene rings is 2. The number of aromatic hydroxyl groups is 1. The Balaban J connectivity index is 2.09. The monoisotopic (exact) mass is 282 g/mol. The number of phenolic OH excluding ortho intramolecular Hbond substituents is 1. The second-order valence-electron chi connectivity index (χ2n) is 4.36. The summed E-state index contributed by atoms with van der Waals surface area (Å²) < 4.78 is 5.71. The molecule has 0 spiro atoms. The summed E-state index contributed by atoms with van der Waals surface area (Å²) in [6.45, 7) is 0. The molecule has 6 heteroatoms. The van der Waals surface area contributed by atoms with Gasteiger partial charge in [0.05, 0.1) is 10.3 Å². The average molecular weight is 282 g/mol. The highest BCUT2D eigenvalue weighted by Gasteiger charge is 2.15. The number of non-ortho nitro benzene ring substituents is 1. The lowest BCUT2D eigenvalue weighted by Crippen LogP contribution is -1.92. The molecule has 0 amide bonds. The zero-order chi connectivity index (χ0) is 14.8. The molecule has 0 radical (unpaired) electrons. The van der Waals surface area contributed by atoms with Gasteiger partial charge in [-0.15, -0.1) is 0 Å². The number of pyridine rings is 1. The minimum atomic E-state index is -0.438. The summed E-state index contributed by atoms with van der Waals surface area (Å²) in [7, 11) is 0. The SMILES string of the molecule is O=[N+]([O-])c1ccc(Oc2ccc(O)cc2)c2cnccc12. The fourth-order valence-corrected chi connectivity index (χ4v) is 2.04. The molecule has 0 unspecified atom stereocenters. The van der Waals surface area contributed by atoms with Gasteiger partial charge in [-0.05, 0) is 36.4 Å². The highest BCUT2D eigenvalue weighted by Crippen LogP contribution is 2.34. The molecule has 2 aromatic carbocycles. The summed E-state index contributed by atoms with van der Waals surface area (Å²) in [5, 5.41) is 21.3. The fraction of sp³-hybridized carbons (Fsp3) is 0. The van der Waals surface area contributed by atoms with Gasteiger partial charge in [0.2, 0.25) is 0 Å². The van der Waals surface area contributed by atoms with Gasteiger partial charge < -0.3 is 9.84 Å². The van der Waals surface area contributed by atoms with Crippen LogP contribution in [-0.4, -0.2) is 15.0 Å². The molecule has 1 heterocycles. The molecule has 6 nitrogen and oxygen atoms in total. The predicted molar refractivity (Wildman–Crippen MR) is 76.6 cm³/mol. The number of ether oxygens (including phenoxy) is 1. The van der Waals surface area contributed by atoms with Crippen molar-refractivity contribution in [1.82, 2.24) is 4.98 Å². The molecule has 0 fully saturated rings. The number of phenols is 1. The van der Waals surface area contributed by atoms with Gasteiger partial charge in [-0.25, -0.2) is 0 Å². The lowest BCUT2D eigenvalue weighted by molar-refractivity contribution is -0.383. The summed E-state index contributed by atoms with van der Waals surface area (Å²) in [5.41, 5.74) is 0.00505. The first kappa shape index (κ1) is 12.9. The maximum Gasteiger partial charge on any atom is 0.277 e. The van der Waals surface area contributed by atoms with Crippen LogP contribution in [0.2, 0.25) is 0 Å². The number of rotatable bonds is 3. The van der Waals surface area contributed by atoms with Crippen LogP contribution >= 0.6 is 0 Å². The maximum atomic E-state index is 11.0. The van der Waals surface area contributed by atoms with E-state index >= 15 is 0 Å². The molecule has 0 saturated heterocycles. The van der Waals surface area contributed by atoms with Gasteiger partial charge in [0.25, 0.3) is 5.69 Å². The molecular formula is C15H10N2O4. The van der Waals surface area contributed by atoms with Gasteiger partial charge in [-0.2, -0.15) is 0 Å². The molecule has 104 valence electrons. The first-order valence-corrected chi connectivity index (χ1v) is 6.13. The molecule has 21 heavy (non-hydrogen) atoms. The standard InChI is InChI=1S/C15H10N2O4/c18-10-1-3-11(4-2-10)21-15-6-5-14(17(19)20)12-7-8-16-9-13(12)15/h1-9,18H. The van der Waals surface area contributed by atoms with Gasteiger partial charge in [-0.3, -0.25) is 15.1 Å². The number of nitrogens with zero attached hydrogens (tertiary/aromatic N) is 2. The second kappa shape index (κ2) is 5.09. The van der Waals surface area contributed by atoms with E-state index in [0.717, 1.165) is 0 Å². The minimum Gasteiger partial charge on any atom is -0.508 e. The van der Waals surface area contributed by atoms with Crippen molar-refractivity contribution in [2.45, 2.75) is 0 Å². The zero-order valence-corrected chi connectivity index (χ0v) is 10.8. The first-order valence-electron chi connectivity index (χ1n) is 6.13. The van der Waals surface area contributed by atoms with Crippen LogP contribution in [0, 0.1) is 10.1 Å². The molecule has 3 rings (SSSR count). The Hall–Kier alpha value is -3.15. The van der Waals surface area contributed by atoms with E-state index in [2.05, 4.69) is 4.98 Å². The lowest BCUT2D eigenvalue weighted by atomic mass is 10.1. The summed E-state index contributed by atoms with van der Waals surface area (Å²) in [6.07, 6.45) is 3.03. The number of nitro benzene ring substituents is 1. The Labute approximate surface area is 119 Å². The quantitative estimate of drug-likeness (QED) is 0.585. The van der Waals surface area contributed by atoms with E-state index in [4.69, 9.17) is 4.74 Å². The van der Waals surface area contributed by atoms with Gasteiger partial charge in [0.15, 0.2) is 0 Å². The third-order valence-electron chi connectivity index (χ3n) is 3.02. The lowest BCUT2D eigenvalue weighted by Gasteiger charge is -2.09. The number of fused-ring (bicyclic) bond motifs is 1. The number of hydrogen-bond donors (Lipinski definition) is 1. The highest BCUT2D eigenvalue weighted by molar-refractivity contribution is 5.94. The number of hydrogen-bond acceptors (Lipinski definition) is 5. The van der Waals surface area contributed by atoms with Crippen LogP contribution in [0.1, 0.15) is 0 Å². The Bertz CT molecular complexity index is 816. The number of aromatic nitrogens is 1. The third kappa shape index (κ3) is 2.46. The van der Waals surface area contributed by atoms with Crippen molar-refractivity contribution in [3.63, 3.8) is 0 Å². The second-order valence-corrected chi connectivity index (χ2v) is 4.36. The van der Waals surface area contributed by atoms with Crippen molar-refractivity contribution in [2.24, 2.45) is 0 Å². The van der Waals surface area contributed by atoms with Crippen LogP contribution in [0.5, 0.6) is 17.2 Å². The van der Waals surface area contributed by atoms with E-state index in [1.807, 2.05) is 0 Å². The summed E-state index contributed by atoms with van der Waals surface area (Å²) in [4.78, 5) is 14.6. The van der Waals surface area contributed by atoms with E-state index in [9.17, 15) is 15.2 Å². The van der Waals surface area contributed by atoms with Crippen LogP contribution in [0.4, 0.5) is 5.69 Å². The van der Waals surface area contributed by atoms with Gasteiger partial charge >= 0.3 is 0 Å². The Morgan fingerprint density at radius 1 is 1.05 bits per heavy atom. The van der Waals surface area contributed by atoms with Crippen LogP contribution in [0.3, 0.4) is 0 Å². The topological polar surface area (TPSA) is 85.5 Å². The van der Waals surface area contributed by atoms with E-state index < -0.39 is 4.92 Å². The molecule has 0 aliphatic heterocycles. The van der Waals surface area contributed by atoms with Crippen LogP contribution in [-0.2, 0) is 0 Å². The third-order valence-corrected chi connectivity index (χ3v) is 3.02. The maximum absolute atomic E-state index is 11.0. The average Bonchev–Trinajstić information content (AvgIpc) is 2.49. The Morgan fingerprint density at radius 3 is 2.52 bits per heavy atom. The Kier molecular flexibility index (Phi) is 3.12. The highest BCUT2D eigenvalue weighted by atomic mass is 16.6. The molecule has 0 aliphatic rings. The molecule has 3 aromatic rings. The van der Waals surface area contributed by atoms with Gasteiger partial charge in [0.1, 0.15) is 17.2 Å². The minimum absolute atomic E-state index is 0.00505. The van der Waals surface area contributed by atoms with E-state index in [0.29, 0.717) is 22.3 Å². The van der Waals surface area contributed by atoms with Crippen molar-refractivity contribution in [3.8, 4) is 17.2 Å². The molecule has 0 aliphatic carbocycles. The van der Waals surface area contributed by atoms with E-state index in [1.165, 1.54) is 36.7 Å². The van der Waals surface area contributed by atoms with Crippen molar-refractivity contribution < 1.29 is 14.8 Å². The van der Waals surface area contributed by atoms with Crippen LogP contribution < -0.4 is 4.74 Å². The molecule has 0 atom stereocenters. The molecule has 1 aromatic heterocycles. The normalized spacial score (nSPS) is 10.5. The van der Waals surface area contributed by atoms with Crippen molar-refractivity contribution >= 4 is 16.5 Å². The summed E-state index contributed by atoms with van der Waals surface area (Å²) in [5.74, 6) is 1.12. The Morgan fingerprint density at radius 2 is 1.81 bits per heavy atom. The van der Waals surface area contributed by atoms with Crippen molar-refractivity contribution in [3.05, 3.63) is 65.0 Å². The van der Waals surface area contributed by atoms with Crippen molar-refractivity contribution in [2.75, 3.05) is 0 Å². The van der Waals surface area contributed by atoms with Gasteiger partial charge in [0, 0.05) is 23.8 Å². The molecular weight excluding hydrogens is 272 g/mol. The number of nitro groups is 1. The summed E-state index contributed by atoms with van der Waals surface area (Å²) in [6, 6.07) is 10.7. The molecule has 1 N–H and O–H groups in total. The van der Waals surface area contributed by atoms with E-state index in [1.54, 1.807) is 18.2 Å². The van der Waals surface area contributed by atoms with E-state index in [-0.39, 0.29) is 11.4 Å². The molecule has 0 saturated carbocycles. The van der Waals surface area contributed by atoms with Crippen LogP contribution in [0.25, 0.3) is 10.8 Å². The fourth-order valence-electron chi connectivity index (χ4n) is 2.04. The summed E-state index contributed by atoms with van der Waals surface area (Å²) >= 11 is 0. The largest absolute Gasteiger partial charge is 0.508 e. The van der Waals surface area contributed by atoms with Gasteiger partial charge in [-0.1, -0.05) is 0 Å².